The van der Waals surface area contributed by atoms with Crippen LogP contribution >= 0.6 is 0 Å². The third kappa shape index (κ3) is 2.46. The van der Waals surface area contributed by atoms with Gasteiger partial charge in [0.1, 0.15) is 5.60 Å². The fourth-order valence-electron chi connectivity index (χ4n) is 3.23. The molecule has 18 heavy (non-hydrogen) atoms. The summed E-state index contributed by atoms with van der Waals surface area (Å²) in [4.78, 5) is 14.7. The van der Waals surface area contributed by atoms with Gasteiger partial charge in [0.2, 0.25) is 0 Å². The number of hydrogen-bond acceptors (Lipinski definition) is 4. The molecule has 2 heterocycles. The maximum Gasteiger partial charge on any atom is 0.171 e. The number of ketones is 1. The highest BCUT2D eigenvalue weighted by Gasteiger charge is 2.53. The number of carbonyl (C=O) groups excluding carboxylic acids is 1. The van der Waals surface area contributed by atoms with E-state index in [-0.39, 0.29) is 17.3 Å². The summed E-state index contributed by atoms with van der Waals surface area (Å²) in [5, 5.41) is 0. The lowest BCUT2D eigenvalue weighted by Gasteiger charge is -2.28. The van der Waals surface area contributed by atoms with Crippen molar-refractivity contribution in [1.82, 2.24) is 4.90 Å². The first-order chi connectivity index (χ1) is 8.26. The van der Waals surface area contributed by atoms with Gasteiger partial charge in [-0.3, -0.25) is 9.69 Å². The van der Waals surface area contributed by atoms with Crippen molar-refractivity contribution in [3.05, 3.63) is 0 Å². The van der Waals surface area contributed by atoms with Crippen LogP contribution in [0, 0.1) is 5.92 Å². The van der Waals surface area contributed by atoms with E-state index >= 15 is 0 Å². The third-order valence-electron chi connectivity index (χ3n) is 4.27. The Morgan fingerprint density at radius 1 is 1.39 bits per heavy atom. The minimum absolute atomic E-state index is 0.0388. The van der Waals surface area contributed by atoms with Crippen LogP contribution < -0.4 is 0 Å². The van der Waals surface area contributed by atoms with E-state index in [0.29, 0.717) is 6.10 Å². The molecule has 0 saturated carbocycles. The predicted octanol–water partition coefficient (Wildman–Crippen LogP) is 1.48. The highest BCUT2D eigenvalue weighted by Crippen LogP contribution is 2.39. The summed E-state index contributed by atoms with van der Waals surface area (Å²) in [6, 6.07) is 0. The summed E-state index contributed by atoms with van der Waals surface area (Å²) < 4.78 is 11.3. The molecule has 0 bridgehead atoms. The number of carbonyl (C=O) groups is 1. The molecule has 2 atom stereocenters. The van der Waals surface area contributed by atoms with Crippen LogP contribution in [0.15, 0.2) is 0 Å². The second kappa shape index (κ2) is 4.58. The number of rotatable bonds is 3. The first-order valence-electron chi connectivity index (χ1n) is 6.76. The monoisotopic (exact) mass is 255 g/mol. The van der Waals surface area contributed by atoms with Gasteiger partial charge in [-0.15, -0.1) is 0 Å². The second-order valence-corrected chi connectivity index (χ2v) is 6.54. The third-order valence-corrected chi connectivity index (χ3v) is 4.27. The van der Waals surface area contributed by atoms with Crippen molar-refractivity contribution in [3.8, 4) is 0 Å². The summed E-state index contributed by atoms with van der Waals surface area (Å²) in [5.41, 5.74) is -1.01. The highest BCUT2D eigenvalue weighted by molar-refractivity contribution is 5.91. The Hall–Kier alpha value is -0.450. The maximum atomic E-state index is 12.4. The van der Waals surface area contributed by atoms with Crippen LogP contribution in [0.25, 0.3) is 0 Å². The summed E-state index contributed by atoms with van der Waals surface area (Å²) in [7, 11) is 1.76. The molecule has 2 saturated heterocycles. The minimum Gasteiger partial charge on any atom is -0.380 e. The molecule has 104 valence electrons. The fourth-order valence-corrected chi connectivity index (χ4v) is 3.23. The van der Waals surface area contributed by atoms with E-state index in [2.05, 4.69) is 4.90 Å². The summed E-state index contributed by atoms with van der Waals surface area (Å²) in [6.07, 6.45) is 1.38. The Morgan fingerprint density at radius 3 is 2.50 bits per heavy atom. The van der Waals surface area contributed by atoms with E-state index < -0.39 is 5.60 Å². The lowest BCUT2D eigenvalue weighted by molar-refractivity contribution is -0.132. The molecular formula is C14H25NO3. The van der Waals surface area contributed by atoms with Crippen LogP contribution in [0.2, 0.25) is 0 Å². The zero-order valence-electron chi connectivity index (χ0n) is 12.2. The van der Waals surface area contributed by atoms with Crippen molar-refractivity contribution in [2.75, 3.05) is 26.7 Å². The van der Waals surface area contributed by atoms with Crippen LogP contribution in [-0.4, -0.2) is 54.7 Å². The molecule has 0 radical (unpaired) electrons. The molecule has 4 nitrogen and oxygen atoms in total. The van der Waals surface area contributed by atoms with Crippen LogP contribution in [-0.2, 0) is 14.3 Å². The number of methoxy groups -OCH3 is 1. The largest absolute Gasteiger partial charge is 0.380 e. The van der Waals surface area contributed by atoms with Crippen LogP contribution in [0.4, 0.5) is 0 Å². The van der Waals surface area contributed by atoms with Gasteiger partial charge in [0.25, 0.3) is 0 Å². The molecule has 4 heteroatoms. The Balaban J connectivity index is 2.03. The number of nitrogens with zero attached hydrogens (tertiary/aromatic N) is 1. The van der Waals surface area contributed by atoms with Crippen molar-refractivity contribution in [3.63, 3.8) is 0 Å². The van der Waals surface area contributed by atoms with E-state index in [1.54, 1.807) is 7.11 Å². The van der Waals surface area contributed by atoms with Crippen LogP contribution in [0.1, 0.15) is 34.1 Å². The van der Waals surface area contributed by atoms with Crippen LogP contribution in [0.3, 0.4) is 0 Å². The normalized spacial score (nSPS) is 35.3. The van der Waals surface area contributed by atoms with Crippen molar-refractivity contribution < 1.29 is 14.3 Å². The summed E-state index contributed by atoms with van der Waals surface area (Å²) in [6.45, 7) is 10.5. The van der Waals surface area contributed by atoms with Crippen molar-refractivity contribution in [2.45, 2.75) is 51.4 Å². The molecule has 0 amide bonds. The molecule has 0 aromatic carbocycles. The van der Waals surface area contributed by atoms with Gasteiger partial charge in [-0.25, -0.2) is 0 Å². The van der Waals surface area contributed by atoms with Crippen molar-refractivity contribution >= 4 is 5.78 Å². The topological polar surface area (TPSA) is 38.8 Å². The number of likely N-dealkylation sites (tertiary alicyclic amines) is 1. The van der Waals surface area contributed by atoms with Crippen molar-refractivity contribution in [1.29, 1.82) is 0 Å². The van der Waals surface area contributed by atoms with Gasteiger partial charge < -0.3 is 9.47 Å². The molecule has 0 aromatic heterocycles. The average molecular weight is 255 g/mol. The summed E-state index contributed by atoms with van der Waals surface area (Å²) in [5.74, 6) is 0.191. The van der Waals surface area contributed by atoms with Crippen molar-refractivity contribution in [2.24, 2.45) is 5.92 Å². The lowest BCUT2D eigenvalue weighted by Crippen LogP contribution is -2.40. The average Bonchev–Trinajstić information content (AvgIpc) is 2.75. The minimum atomic E-state index is -0.644. The van der Waals surface area contributed by atoms with Gasteiger partial charge in [-0.1, -0.05) is 0 Å². The fraction of sp³-hybridized carbons (Fsp3) is 0.929. The van der Waals surface area contributed by atoms with Gasteiger partial charge in [0, 0.05) is 26.7 Å². The van der Waals surface area contributed by atoms with Gasteiger partial charge in [0.15, 0.2) is 5.78 Å². The molecule has 0 spiro atoms. The molecule has 2 unspecified atom stereocenters. The van der Waals surface area contributed by atoms with Gasteiger partial charge in [-0.05, 0) is 34.1 Å². The van der Waals surface area contributed by atoms with E-state index in [4.69, 9.17) is 9.47 Å². The number of hydrogen-bond donors (Lipinski definition) is 0. The standard InChI is InChI=1S/C14H25NO3/c1-13(2)11(12(16)14(3,4)18-13)9-15-7-6-10(8-15)17-5/h10-11H,6-9H2,1-5H3. The van der Waals surface area contributed by atoms with Gasteiger partial charge in [-0.2, -0.15) is 0 Å². The SMILES string of the molecule is COC1CCN(CC2C(=O)C(C)(C)OC2(C)C)C1. The Labute approximate surface area is 110 Å². The Kier molecular flexibility index (Phi) is 3.56. The molecule has 0 aromatic rings. The number of ether oxygens (including phenoxy) is 2. The molecule has 2 aliphatic rings. The molecule has 0 aliphatic carbocycles. The Morgan fingerprint density at radius 2 is 2.06 bits per heavy atom. The quantitative estimate of drug-likeness (QED) is 0.765. The highest BCUT2D eigenvalue weighted by atomic mass is 16.5. The first kappa shape index (κ1) is 14.0. The van der Waals surface area contributed by atoms with E-state index in [1.165, 1.54) is 0 Å². The van der Waals surface area contributed by atoms with Gasteiger partial charge >= 0.3 is 0 Å². The van der Waals surface area contributed by atoms with E-state index in [0.717, 1.165) is 26.1 Å². The molecular weight excluding hydrogens is 230 g/mol. The Bertz CT molecular complexity index is 338. The number of Topliss-reactive ketones (excluding diaryl/α,β-unsaturated/α-hetero) is 1. The maximum absolute atomic E-state index is 12.4. The first-order valence-corrected chi connectivity index (χ1v) is 6.76. The molecule has 2 rings (SSSR count). The van der Waals surface area contributed by atoms with Crippen LogP contribution in [0.5, 0.6) is 0 Å². The zero-order chi connectivity index (χ0) is 13.6. The van der Waals surface area contributed by atoms with Gasteiger partial charge in [0.05, 0.1) is 17.6 Å². The predicted molar refractivity (Wildman–Crippen MR) is 69.6 cm³/mol. The molecule has 0 N–H and O–H groups in total. The zero-order valence-corrected chi connectivity index (χ0v) is 12.2. The molecule has 2 fully saturated rings. The lowest BCUT2D eigenvalue weighted by atomic mass is 9.85. The molecule has 2 aliphatic heterocycles. The van der Waals surface area contributed by atoms with E-state index in [1.807, 2.05) is 27.7 Å². The second-order valence-electron chi connectivity index (χ2n) is 6.54. The summed E-state index contributed by atoms with van der Waals surface area (Å²) >= 11 is 0. The smallest absolute Gasteiger partial charge is 0.171 e. The van der Waals surface area contributed by atoms with E-state index in [9.17, 15) is 4.79 Å².